The second-order valence-corrected chi connectivity index (χ2v) is 5.56. The van der Waals surface area contributed by atoms with Gasteiger partial charge in [0.2, 0.25) is 0 Å². The lowest BCUT2D eigenvalue weighted by atomic mass is 10.3. The number of ether oxygens (including phenoxy) is 1. The van der Waals surface area contributed by atoms with Gasteiger partial charge in [0, 0.05) is 6.20 Å². The van der Waals surface area contributed by atoms with E-state index in [0.29, 0.717) is 12.3 Å². The number of rotatable bonds is 3. The molecule has 16 heavy (non-hydrogen) atoms. The van der Waals surface area contributed by atoms with Crippen molar-refractivity contribution in [2.45, 2.75) is 6.54 Å². The zero-order valence-electron chi connectivity index (χ0n) is 8.64. The minimum atomic E-state index is -0.104. The Labute approximate surface area is 105 Å². The van der Waals surface area contributed by atoms with Gasteiger partial charge in [-0.15, -0.1) is 11.3 Å². The van der Waals surface area contributed by atoms with Crippen molar-refractivity contribution < 1.29 is 4.74 Å². The summed E-state index contributed by atoms with van der Waals surface area (Å²) < 4.78 is 7.69. The minimum absolute atomic E-state index is 0.104. The van der Waals surface area contributed by atoms with Gasteiger partial charge in [-0.05, 0) is 45.1 Å². The van der Waals surface area contributed by atoms with Crippen LogP contribution in [0.1, 0.15) is 5.56 Å². The monoisotopic (exact) mass is 299 g/mol. The Hall–Kier alpha value is -1.07. The second-order valence-electron chi connectivity index (χ2n) is 3.27. The van der Waals surface area contributed by atoms with Crippen molar-refractivity contribution in [3.8, 4) is 5.75 Å². The summed E-state index contributed by atoms with van der Waals surface area (Å²) in [6.07, 6.45) is 1.76. The molecular formula is C11H10BrNO2S. The lowest BCUT2D eigenvalue weighted by Crippen LogP contribution is -2.20. The number of hydrogen-bond acceptors (Lipinski definition) is 3. The van der Waals surface area contributed by atoms with Crippen LogP contribution in [0.3, 0.4) is 0 Å². The Morgan fingerprint density at radius 3 is 3.00 bits per heavy atom. The molecule has 0 radical (unpaired) electrons. The summed E-state index contributed by atoms with van der Waals surface area (Å²) in [4.78, 5) is 11.8. The third-order valence-electron chi connectivity index (χ3n) is 2.18. The molecule has 5 heteroatoms. The van der Waals surface area contributed by atoms with Crippen LogP contribution in [0, 0.1) is 0 Å². The highest BCUT2D eigenvalue weighted by Crippen LogP contribution is 2.21. The van der Waals surface area contributed by atoms with Crippen LogP contribution in [0.2, 0.25) is 0 Å². The molecule has 0 atom stereocenters. The molecule has 0 aliphatic carbocycles. The van der Waals surface area contributed by atoms with E-state index in [1.165, 1.54) is 7.11 Å². The number of pyridine rings is 1. The predicted molar refractivity (Wildman–Crippen MR) is 68.4 cm³/mol. The topological polar surface area (TPSA) is 31.2 Å². The molecule has 3 nitrogen and oxygen atoms in total. The summed E-state index contributed by atoms with van der Waals surface area (Å²) in [5.41, 5.74) is 1.000. The Bertz CT molecular complexity index is 547. The highest BCUT2D eigenvalue weighted by atomic mass is 79.9. The molecular weight excluding hydrogens is 290 g/mol. The van der Waals surface area contributed by atoms with E-state index in [9.17, 15) is 4.79 Å². The SMILES string of the molecule is COc1cccn(Cc2csc(Br)c2)c1=O. The summed E-state index contributed by atoms with van der Waals surface area (Å²) in [5, 5.41) is 2.02. The third-order valence-corrected chi connectivity index (χ3v) is 3.73. The highest BCUT2D eigenvalue weighted by molar-refractivity contribution is 9.11. The van der Waals surface area contributed by atoms with Crippen LogP contribution in [0.5, 0.6) is 5.75 Å². The molecule has 0 saturated heterocycles. The van der Waals surface area contributed by atoms with Crippen molar-refractivity contribution in [2.24, 2.45) is 0 Å². The normalized spacial score (nSPS) is 10.4. The van der Waals surface area contributed by atoms with Gasteiger partial charge in [0.05, 0.1) is 17.4 Å². The maximum absolute atomic E-state index is 11.8. The van der Waals surface area contributed by atoms with Crippen LogP contribution in [0.15, 0.2) is 38.4 Å². The van der Waals surface area contributed by atoms with Gasteiger partial charge in [-0.25, -0.2) is 0 Å². The fourth-order valence-electron chi connectivity index (χ4n) is 1.42. The molecule has 0 bridgehead atoms. The number of halogens is 1. The summed E-state index contributed by atoms with van der Waals surface area (Å²) >= 11 is 5.01. The van der Waals surface area contributed by atoms with E-state index in [0.717, 1.165) is 9.35 Å². The van der Waals surface area contributed by atoms with Gasteiger partial charge in [0.15, 0.2) is 5.75 Å². The smallest absolute Gasteiger partial charge is 0.293 e. The Balaban J connectivity index is 2.31. The maximum atomic E-state index is 11.8. The molecule has 0 saturated carbocycles. The first-order chi connectivity index (χ1) is 7.70. The molecule has 2 heterocycles. The second kappa shape index (κ2) is 4.84. The van der Waals surface area contributed by atoms with Crippen molar-refractivity contribution >= 4 is 27.3 Å². The largest absolute Gasteiger partial charge is 0.491 e. The van der Waals surface area contributed by atoms with Gasteiger partial charge in [0.25, 0.3) is 5.56 Å². The molecule has 2 rings (SSSR count). The summed E-state index contributed by atoms with van der Waals surface area (Å²) in [6, 6.07) is 5.49. The van der Waals surface area contributed by atoms with Crippen molar-refractivity contribution in [1.82, 2.24) is 4.57 Å². The van der Waals surface area contributed by atoms with Crippen LogP contribution < -0.4 is 10.3 Å². The van der Waals surface area contributed by atoms with Crippen LogP contribution in [-0.4, -0.2) is 11.7 Å². The number of aromatic nitrogens is 1. The number of thiophene rings is 1. The number of methoxy groups -OCH3 is 1. The maximum Gasteiger partial charge on any atom is 0.293 e. The quantitative estimate of drug-likeness (QED) is 0.873. The lowest BCUT2D eigenvalue weighted by molar-refractivity contribution is 0.403. The first kappa shape index (κ1) is 11.4. The van der Waals surface area contributed by atoms with Crippen molar-refractivity contribution in [2.75, 3.05) is 7.11 Å². The molecule has 0 amide bonds. The zero-order chi connectivity index (χ0) is 11.5. The lowest BCUT2D eigenvalue weighted by Gasteiger charge is -2.05. The molecule has 84 valence electrons. The molecule has 0 aliphatic heterocycles. The van der Waals surface area contributed by atoms with Crippen LogP contribution in [-0.2, 0) is 6.54 Å². The van der Waals surface area contributed by atoms with Crippen LogP contribution in [0.25, 0.3) is 0 Å². The van der Waals surface area contributed by atoms with E-state index in [1.54, 1.807) is 28.2 Å². The summed E-state index contributed by atoms with van der Waals surface area (Å²) in [5.74, 6) is 0.372. The fraction of sp³-hybridized carbons (Fsp3) is 0.182. The van der Waals surface area contributed by atoms with Crippen LogP contribution >= 0.6 is 27.3 Å². The third kappa shape index (κ3) is 2.36. The van der Waals surface area contributed by atoms with Gasteiger partial charge < -0.3 is 9.30 Å². The van der Waals surface area contributed by atoms with Gasteiger partial charge in [0.1, 0.15) is 0 Å². The Morgan fingerprint density at radius 1 is 1.56 bits per heavy atom. The Kier molecular flexibility index (Phi) is 3.46. The summed E-state index contributed by atoms with van der Waals surface area (Å²) in [6.45, 7) is 0.568. The van der Waals surface area contributed by atoms with Gasteiger partial charge in [-0.2, -0.15) is 0 Å². The number of nitrogens with zero attached hydrogens (tertiary/aromatic N) is 1. The van der Waals surface area contributed by atoms with E-state index >= 15 is 0 Å². The molecule has 0 fully saturated rings. The standard InChI is InChI=1S/C11H10BrNO2S/c1-15-9-3-2-4-13(11(9)14)6-8-5-10(12)16-7-8/h2-5,7H,6H2,1H3. The molecule has 0 aliphatic rings. The molecule has 0 unspecified atom stereocenters. The molecule has 0 spiro atoms. The zero-order valence-corrected chi connectivity index (χ0v) is 11.0. The van der Waals surface area contributed by atoms with Crippen molar-refractivity contribution in [3.63, 3.8) is 0 Å². The minimum Gasteiger partial charge on any atom is -0.491 e. The fourth-order valence-corrected chi connectivity index (χ4v) is 2.62. The van der Waals surface area contributed by atoms with Crippen molar-refractivity contribution in [1.29, 1.82) is 0 Å². The molecule has 0 N–H and O–H groups in total. The van der Waals surface area contributed by atoms with E-state index in [2.05, 4.69) is 15.9 Å². The predicted octanol–water partition coefficient (Wildman–Crippen LogP) is 2.73. The van der Waals surface area contributed by atoms with Gasteiger partial charge in [-0.1, -0.05) is 0 Å². The Morgan fingerprint density at radius 2 is 2.38 bits per heavy atom. The first-order valence-electron chi connectivity index (χ1n) is 4.67. The average molecular weight is 300 g/mol. The molecule has 0 aromatic carbocycles. The average Bonchev–Trinajstić information content (AvgIpc) is 2.67. The first-order valence-corrected chi connectivity index (χ1v) is 6.34. The van der Waals surface area contributed by atoms with Crippen LogP contribution in [0.4, 0.5) is 0 Å². The van der Waals surface area contributed by atoms with Gasteiger partial charge >= 0.3 is 0 Å². The van der Waals surface area contributed by atoms with Gasteiger partial charge in [-0.3, -0.25) is 4.79 Å². The van der Waals surface area contributed by atoms with Crippen molar-refractivity contribution in [3.05, 3.63) is 49.5 Å². The van der Waals surface area contributed by atoms with E-state index in [4.69, 9.17) is 4.74 Å². The summed E-state index contributed by atoms with van der Waals surface area (Å²) in [7, 11) is 1.50. The number of hydrogen-bond donors (Lipinski definition) is 0. The molecule has 2 aromatic heterocycles. The van der Waals surface area contributed by atoms with E-state index < -0.39 is 0 Å². The van der Waals surface area contributed by atoms with E-state index in [-0.39, 0.29) is 5.56 Å². The highest BCUT2D eigenvalue weighted by Gasteiger charge is 2.04. The molecule has 2 aromatic rings. The van der Waals surface area contributed by atoms with E-state index in [1.807, 2.05) is 17.5 Å².